The van der Waals surface area contributed by atoms with Gasteiger partial charge in [0.05, 0.1) is 16.6 Å². The molecule has 0 radical (unpaired) electrons. The van der Waals surface area contributed by atoms with Crippen LogP contribution in [-0.4, -0.2) is 20.7 Å². The van der Waals surface area contributed by atoms with Crippen molar-refractivity contribution in [2.24, 2.45) is 0 Å². The van der Waals surface area contributed by atoms with E-state index in [2.05, 4.69) is 4.98 Å². The first kappa shape index (κ1) is 15.8. The molecule has 0 aliphatic heterocycles. The number of benzene rings is 1. The van der Waals surface area contributed by atoms with E-state index in [0.29, 0.717) is 28.8 Å². The summed E-state index contributed by atoms with van der Waals surface area (Å²) >= 11 is 0. The van der Waals surface area contributed by atoms with Crippen molar-refractivity contribution in [1.82, 2.24) is 9.66 Å². The number of aryl methyl sites for hydroxylation is 1. The molecule has 0 aliphatic rings. The third-order valence-corrected chi connectivity index (χ3v) is 3.48. The molecule has 6 heteroatoms. The molecule has 1 amide bonds. The number of hydrogen-bond acceptors (Lipinski definition) is 4. The number of amides is 1. The van der Waals surface area contributed by atoms with E-state index in [0.717, 1.165) is 5.01 Å². The number of nitrogens with zero attached hydrogens (tertiary/aromatic N) is 3. The van der Waals surface area contributed by atoms with Gasteiger partial charge in [0.25, 0.3) is 5.56 Å². The molecule has 0 unspecified atom stereocenters. The van der Waals surface area contributed by atoms with Gasteiger partial charge in [0.15, 0.2) is 0 Å². The molecule has 1 aromatic carbocycles. The summed E-state index contributed by atoms with van der Waals surface area (Å²) in [4.78, 5) is 29.3. The Morgan fingerprint density at radius 2 is 1.91 bits per heavy atom. The molecule has 1 N–H and O–H groups in total. The molecule has 0 atom stereocenters. The summed E-state index contributed by atoms with van der Waals surface area (Å²) in [6.45, 7) is 6.25. The molecular weight excluding hydrogens is 282 g/mol. The van der Waals surface area contributed by atoms with Crippen LogP contribution in [-0.2, 0) is 11.2 Å². The van der Waals surface area contributed by atoms with Gasteiger partial charge in [-0.25, -0.2) is 9.99 Å². The number of aliphatic hydroxyl groups is 1. The Kier molecular flexibility index (Phi) is 4.30. The van der Waals surface area contributed by atoms with Crippen LogP contribution in [0.1, 0.15) is 33.5 Å². The minimum atomic E-state index is -0.375. The van der Waals surface area contributed by atoms with Gasteiger partial charge in [-0.3, -0.25) is 9.59 Å². The maximum atomic E-state index is 12.8. The van der Waals surface area contributed by atoms with Crippen molar-refractivity contribution in [2.45, 2.75) is 34.1 Å². The zero-order chi connectivity index (χ0) is 16.4. The third-order valence-electron chi connectivity index (χ3n) is 3.48. The van der Waals surface area contributed by atoms with E-state index < -0.39 is 0 Å². The third kappa shape index (κ3) is 2.59. The summed E-state index contributed by atoms with van der Waals surface area (Å²) in [6, 6.07) is 6.99. The fourth-order valence-corrected chi connectivity index (χ4v) is 2.29. The van der Waals surface area contributed by atoms with Gasteiger partial charge in [0.2, 0.25) is 5.91 Å². The lowest BCUT2D eigenvalue weighted by molar-refractivity contribution is -0.117. The molecule has 0 saturated heterocycles. The van der Waals surface area contributed by atoms with Gasteiger partial charge >= 0.3 is 0 Å². The number of carbonyl (C=O) groups excluding carboxylic acids is 1. The molecule has 2 rings (SSSR count). The number of fused-ring (bicyclic) bond motifs is 1. The second kappa shape index (κ2) is 6.01. The van der Waals surface area contributed by atoms with Crippen molar-refractivity contribution in [3.63, 3.8) is 0 Å². The zero-order valence-electron chi connectivity index (χ0n) is 13.1. The van der Waals surface area contributed by atoms with Crippen molar-refractivity contribution < 1.29 is 9.90 Å². The van der Waals surface area contributed by atoms with Gasteiger partial charge in [0, 0.05) is 13.3 Å². The molecule has 0 saturated carbocycles. The first-order chi connectivity index (χ1) is 10.4. The average Bonchev–Trinajstić information content (AvgIpc) is 2.49. The number of rotatable bonds is 3. The van der Waals surface area contributed by atoms with Crippen LogP contribution in [0, 0.1) is 0 Å². The molecule has 1 aromatic heterocycles. The summed E-state index contributed by atoms with van der Waals surface area (Å²) in [5.41, 5.74) is 0.547. The summed E-state index contributed by atoms with van der Waals surface area (Å²) in [7, 11) is 0. The number of hydrogen-bond donors (Lipinski definition) is 1. The van der Waals surface area contributed by atoms with E-state index in [1.54, 1.807) is 25.1 Å². The number of para-hydroxylation sites is 1. The second-order valence-electron chi connectivity index (χ2n) is 5.02. The fourth-order valence-electron chi connectivity index (χ4n) is 2.29. The highest BCUT2D eigenvalue weighted by Crippen LogP contribution is 2.13. The van der Waals surface area contributed by atoms with Crippen molar-refractivity contribution >= 4 is 16.8 Å². The molecule has 0 bridgehead atoms. The van der Waals surface area contributed by atoms with Crippen molar-refractivity contribution in [1.29, 1.82) is 0 Å². The predicted octanol–water partition coefficient (Wildman–Crippen LogP) is 2.25. The van der Waals surface area contributed by atoms with Crippen LogP contribution in [0.4, 0.5) is 0 Å². The van der Waals surface area contributed by atoms with Crippen LogP contribution in [0.25, 0.3) is 10.9 Å². The van der Waals surface area contributed by atoms with Crippen molar-refractivity contribution in [3.05, 3.63) is 51.9 Å². The molecule has 116 valence electrons. The summed E-state index contributed by atoms with van der Waals surface area (Å²) < 4.78 is 1.24. The van der Waals surface area contributed by atoms with E-state index in [1.165, 1.54) is 18.5 Å². The lowest BCUT2D eigenvalue weighted by Crippen LogP contribution is -2.46. The smallest absolute Gasteiger partial charge is 0.280 e. The van der Waals surface area contributed by atoms with Gasteiger partial charge in [-0.2, -0.15) is 4.68 Å². The van der Waals surface area contributed by atoms with Crippen LogP contribution in [0.5, 0.6) is 0 Å². The predicted molar refractivity (Wildman–Crippen MR) is 85.3 cm³/mol. The van der Waals surface area contributed by atoms with Gasteiger partial charge < -0.3 is 5.11 Å². The van der Waals surface area contributed by atoms with E-state index in [-0.39, 0.29) is 17.2 Å². The highest BCUT2D eigenvalue weighted by Gasteiger charge is 2.21. The van der Waals surface area contributed by atoms with E-state index in [4.69, 9.17) is 0 Å². The highest BCUT2D eigenvalue weighted by molar-refractivity contribution is 5.87. The van der Waals surface area contributed by atoms with Gasteiger partial charge in [-0.15, -0.1) is 0 Å². The fraction of sp³-hybridized carbons (Fsp3) is 0.312. The number of allylic oxidation sites excluding steroid dienone is 2. The monoisotopic (exact) mass is 301 g/mol. The molecule has 6 nitrogen and oxygen atoms in total. The van der Waals surface area contributed by atoms with Crippen molar-refractivity contribution in [3.8, 4) is 0 Å². The average molecular weight is 301 g/mol. The van der Waals surface area contributed by atoms with Crippen molar-refractivity contribution in [2.75, 3.05) is 5.01 Å². The minimum Gasteiger partial charge on any atom is -0.511 e. The second-order valence-corrected chi connectivity index (χ2v) is 5.02. The molecular formula is C16H19N3O3. The number of aromatic nitrogens is 2. The zero-order valence-corrected chi connectivity index (χ0v) is 13.1. The van der Waals surface area contributed by atoms with Gasteiger partial charge in [-0.1, -0.05) is 19.1 Å². The van der Waals surface area contributed by atoms with Gasteiger partial charge in [0.1, 0.15) is 11.6 Å². The summed E-state index contributed by atoms with van der Waals surface area (Å²) in [5, 5.41) is 11.3. The molecule has 1 heterocycles. The summed E-state index contributed by atoms with van der Waals surface area (Å²) in [6.07, 6.45) is 0.474. The SMILES string of the molecule is CCc1nc2ccccc2c(=O)n1N(C(C)=O)/C(C)=C(/C)O. The quantitative estimate of drug-likeness (QED) is 0.882. The Hall–Kier alpha value is -2.63. The Labute approximate surface area is 128 Å². The van der Waals surface area contributed by atoms with E-state index in [1.807, 2.05) is 13.0 Å². The molecule has 0 aliphatic carbocycles. The molecule has 0 spiro atoms. The first-order valence-electron chi connectivity index (χ1n) is 7.06. The van der Waals surface area contributed by atoms with E-state index in [9.17, 15) is 14.7 Å². The van der Waals surface area contributed by atoms with Gasteiger partial charge in [-0.05, 0) is 26.0 Å². The number of carbonyl (C=O) groups is 1. The Bertz CT molecular complexity index is 817. The Morgan fingerprint density at radius 3 is 2.45 bits per heavy atom. The van der Waals surface area contributed by atoms with Crippen LogP contribution >= 0.6 is 0 Å². The standard InChI is InChI=1S/C16H19N3O3/c1-5-15-17-14-9-7-6-8-13(14)16(22)19(15)18(12(4)21)10(2)11(3)20/h6-9,20H,5H2,1-4H3/b11-10-. The lowest BCUT2D eigenvalue weighted by Gasteiger charge is -2.26. The molecule has 0 fully saturated rings. The Morgan fingerprint density at radius 1 is 1.27 bits per heavy atom. The first-order valence-corrected chi connectivity index (χ1v) is 7.06. The van der Waals surface area contributed by atoms with Crippen LogP contribution < -0.4 is 10.6 Å². The largest absolute Gasteiger partial charge is 0.511 e. The van der Waals surface area contributed by atoms with Crippen LogP contribution in [0.3, 0.4) is 0 Å². The molecule has 2 aromatic rings. The maximum absolute atomic E-state index is 12.8. The van der Waals surface area contributed by atoms with E-state index >= 15 is 0 Å². The minimum absolute atomic E-state index is 0.0303. The highest BCUT2D eigenvalue weighted by atomic mass is 16.3. The topological polar surface area (TPSA) is 75.4 Å². The Balaban J connectivity index is 2.88. The summed E-state index contributed by atoms with van der Waals surface area (Å²) in [5.74, 6) is 0.0524. The van der Waals surface area contributed by atoms with Crippen LogP contribution in [0.2, 0.25) is 0 Å². The maximum Gasteiger partial charge on any atom is 0.280 e. The lowest BCUT2D eigenvalue weighted by atomic mass is 10.2. The number of aliphatic hydroxyl groups excluding tert-OH is 1. The molecule has 22 heavy (non-hydrogen) atoms. The van der Waals surface area contributed by atoms with Crippen LogP contribution in [0.15, 0.2) is 40.5 Å². The normalized spacial score (nSPS) is 12.2.